The highest BCUT2D eigenvalue weighted by molar-refractivity contribution is 14.0. The van der Waals surface area contributed by atoms with Gasteiger partial charge in [-0.25, -0.2) is 8.42 Å². The second-order valence-electron chi connectivity index (χ2n) is 8.02. The molecule has 0 aliphatic rings. The molecule has 0 amide bonds. The first-order valence-electron chi connectivity index (χ1n) is 9.98. The Bertz CT molecular complexity index is 908. The molecular formula is C23H34IN3O2S. The smallest absolute Gasteiger partial charge is 0.191 e. The molecule has 7 heteroatoms. The SMILES string of the molecule is CN=C(NCc1ccc(CS(C)(=O)=O)cc1)NC(C)c1ccc(CC(C)C)cc1.I. The monoisotopic (exact) mass is 543 g/mol. The zero-order chi connectivity index (χ0) is 21.4. The molecule has 30 heavy (non-hydrogen) atoms. The van der Waals surface area contributed by atoms with Crippen molar-refractivity contribution in [2.45, 2.75) is 45.5 Å². The van der Waals surface area contributed by atoms with Gasteiger partial charge in [-0.15, -0.1) is 24.0 Å². The van der Waals surface area contributed by atoms with Crippen molar-refractivity contribution in [2.24, 2.45) is 10.9 Å². The largest absolute Gasteiger partial charge is 0.352 e. The van der Waals surface area contributed by atoms with Crippen molar-refractivity contribution in [3.63, 3.8) is 0 Å². The molecule has 5 nitrogen and oxygen atoms in total. The predicted molar refractivity (Wildman–Crippen MR) is 137 cm³/mol. The van der Waals surface area contributed by atoms with Gasteiger partial charge in [-0.05, 0) is 41.5 Å². The molecular weight excluding hydrogens is 509 g/mol. The van der Waals surface area contributed by atoms with Crippen LogP contribution in [0.4, 0.5) is 0 Å². The number of hydrogen-bond donors (Lipinski definition) is 2. The Hall–Kier alpha value is -1.61. The molecule has 0 spiro atoms. The topological polar surface area (TPSA) is 70.6 Å². The molecule has 2 aromatic carbocycles. The van der Waals surface area contributed by atoms with E-state index in [9.17, 15) is 8.42 Å². The Labute approximate surface area is 198 Å². The van der Waals surface area contributed by atoms with Crippen LogP contribution in [0.15, 0.2) is 53.5 Å². The molecule has 0 saturated heterocycles. The van der Waals surface area contributed by atoms with Gasteiger partial charge in [0.1, 0.15) is 0 Å². The first-order valence-corrected chi connectivity index (χ1v) is 12.0. The Morgan fingerprint density at radius 3 is 1.97 bits per heavy atom. The fourth-order valence-electron chi connectivity index (χ4n) is 3.14. The van der Waals surface area contributed by atoms with Crippen LogP contribution < -0.4 is 10.6 Å². The molecule has 0 bridgehead atoms. The fourth-order valence-corrected chi connectivity index (χ4v) is 3.94. The molecule has 1 atom stereocenters. The summed E-state index contributed by atoms with van der Waals surface area (Å²) in [7, 11) is -1.26. The molecule has 0 heterocycles. The van der Waals surface area contributed by atoms with Gasteiger partial charge in [0.05, 0.1) is 11.8 Å². The summed E-state index contributed by atoms with van der Waals surface area (Å²) in [6.45, 7) is 7.18. The molecule has 0 radical (unpaired) electrons. The summed E-state index contributed by atoms with van der Waals surface area (Å²) in [4.78, 5) is 4.31. The van der Waals surface area contributed by atoms with E-state index in [-0.39, 0.29) is 35.8 Å². The van der Waals surface area contributed by atoms with E-state index in [0.717, 1.165) is 23.5 Å². The summed E-state index contributed by atoms with van der Waals surface area (Å²) in [6, 6.07) is 16.5. The van der Waals surface area contributed by atoms with Crippen LogP contribution in [0.3, 0.4) is 0 Å². The lowest BCUT2D eigenvalue weighted by molar-refractivity contribution is 0.601. The quantitative estimate of drug-likeness (QED) is 0.293. The van der Waals surface area contributed by atoms with Gasteiger partial charge in [0, 0.05) is 19.8 Å². The summed E-state index contributed by atoms with van der Waals surface area (Å²) in [5, 5.41) is 6.73. The molecule has 0 aromatic heterocycles. The van der Waals surface area contributed by atoms with Gasteiger partial charge in [-0.3, -0.25) is 4.99 Å². The molecule has 0 fully saturated rings. The van der Waals surface area contributed by atoms with Crippen LogP contribution in [0.25, 0.3) is 0 Å². The normalized spacial score (nSPS) is 12.9. The molecule has 0 aliphatic carbocycles. The second-order valence-corrected chi connectivity index (χ2v) is 10.2. The average molecular weight is 544 g/mol. The Morgan fingerprint density at radius 1 is 0.933 bits per heavy atom. The van der Waals surface area contributed by atoms with Gasteiger partial charge < -0.3 is 10.6 Å². The van der Waals surface area contributed by atoms with Crippen molar-refractivity contribution < 1.29 is 8.42 Å². The Balaban J connectivity index is 0.00000450. The maximum Gasteiger partial charge on any atom is 0.191 e. The molecule has 2 rings (SSSR count). The van der Waals surface area contributed by atoms with Gasteiger partial charge in [-0.1, -0.05) is 62.4 Å². The van der Waals surface area contributed by atoms with E-state index in [0.29, 0.717) is 12.5 Å². The van der Waals surface area contributed by atoms with Crippen LogP contribution in [0.5, 0.6) is 0 Å². The second kappa shape index (κ2) is 12.3. The zero-order valence-corrected chi connectivity index (χ0v) is 21.6. The van der Waals surface area contributed by atoms with Crippen molar-refractivity contribution in [1.82, 2.24) is 10.6 Å². The van der Waals surface area contributed by atoms with E-state index in [1.54, 1.807) is 7.05 Å². The van der Waals surface area contributed by atoms with Gasteiger partial charge in [0.2, 0.25) is 0 Å². The minimum Gasteiger partial charge on any atom is -0.352 e. The number of benzene rings is 2. The highest BCUT2D eigenvalue weighted by Gasteiger charge is 2.09. The first-order chi connectivity index (χ1) is 13.7. The van der Waals surface area contributed by atoms with Crippen molar-refractivity contribution in [3.05, 3.63) is 70.8 Å². The van der Waals surface area contributed by atoms with E-state index in [4.69, 9.17) is 0 Å². The zero-order valence-electron chi connectivity index (χ0n) is 18.5. The number of sulfone groups is 1. The maximum absolute atomic E-state index is 11.4. The lowest BCUT2D eigenvalue weighted by Crippen LogP contribution is -2.38. The molecule has 2 N–H and O–H groups in total. The summed E-state index contributed by atoms with van der Waals surface area (Å²) in [6.07, 6.45) is 2.34. The number of rotatable bonds is 8. The van der Waals surface area contributed by atoms with E-state index in [1.165, 1.54) is 17.4 Å². The van der Waals surface area contributed by atoms with Crippen LogP contribution in [-0.4, -0.2) is 27.7 Å². The molecule has 1 unspecified atom stereocenters. The van der Waals surface area contributed by atoms with Crippen LogP contribution in [0.2, 0.25) is 0 Å². The first kappa shape index (κ1) is 26.4. The third-order valence-electron chi connectivity index (χ3n) is 4.61. The van der Waals surface area contributed by atoms with Gasteiger partial charge in [0.25, 0.3) is 0 Å². The fraction of sp³-hybridized carbons (Fsp3) is 0.435. The van der Waals surface area contributed by atoms with Crippen LogP contribution in [-0.2, 0) is 28.6 Å². The highest BCUT2D eigenvalue weighted by atomic mass is 127. The van der Waals surface area contributed by atoms with Crippen LogP contribution >= 0.6 is 24.0 Å². The number of aliphatic imine (C=N–C) groups is 1. The average Bonchev–Trinajstić information content (AvgIpc) is 2.65. The molecule has 2 aromatic rings. The Kier molecular flexibility index (Phi) is 10.8. The Morgan fingerprint density at radius 2 is 1.47 bits per heavy atom. The number of nitrogens with zero attached hydrogens (tertiary/aromatic N) is 1. The number of hydrogen-bond acceptors (Lipinski definition) is 3. The lowest BCUT2D eigenvalue weighted by Gasteiger charge is -2.19. The molecule has 166 valence electrons. The molecule has 0 saturated carbocycles. The minimum absolute atomic E-state index is 0. The minimum atomic E-state index is -3.01. The van der Waals surface area contributed by atoms with Crippen molar-refractivity contribution >= 4 is 39.8 Å². The van der Waals surface area contributed by atoms with Crippen molar-refractivity contribution in [1.29, 1.82) is 0 Å². The van der Waals surface area contributed by atoms with E-state index >= 15 is 0 Å². The number of halogens is 1. The third-order valence-corrected chi connectivity index (χ3v) is 5.47. The molecule has 0 aliphatic heterocycles. The number of guanidine groups is 1. The lowest BCUT2D eigenvalue weighted by atomic mass is 10.00. The standard InChI is InChI=1S/C23H33N3O2S.HI/c1-17(2)14-19-10-12-22(13-11-19)18(3)26-23(24-4)25-15-20-6-8-21(9-7-20)16-29(5,27)28;/h6-13,17-18H,14-16H2,1-5H3,(H2,24,25,26);1H. The van der Waals surface area contributed by atoms with Gasteiger partial charge in [0.15, 0.2) is 15.8 Å². The predicted octanol–water partition coefficient (Wildman–Crippen LogP) is 4.47. The van der Waals surface area contributed by atoms with Crippen LogP contribution in [0, 0.1) is 5.92 Å². The summed E-state index contributed by atoms with van der Waals surface area (Å²) in [5.41, 5.74) is 4.44. The third kappa shape index (κ3) is 9.47. The van der Waals surface area contributed by atoms with E-state index in [2.05, 4.69) is 60.7 Å². The van der Waals surface area contributed by atoms with Gasteiger partial charge >= 0.3 is 0 Å². The summed E-state index contributed by atoms with van der Waals surface area (Å²) >= 11 is 0. The summed E-state index contributed by atoms with van der Waals surface area (Å²) in [5.74, 6) is 1.45. The van der Waals surface area contributed by atoms with E-state index < -0.39 is 9.84 Å². The van der Waals surface area contributed by atoms with Crippen molar-refractivity contribution in [3.8, 4) is 0 Å². The number of nitrogens with one attached hydrogen (secondary N) is 2. The maximum atomic E-state index is 11.4. The highest BCUT2D eigenvalue weighted by Crippen LogP contribution is 2.15. The van der Waals surface area contributed by atoms with Crippen LogP contribution in [0.1, 0.15) is 49.1 Å². The summed E-state index contributed by atoms with van der Waals surface area (Å²) < 4.78 is 22.8. The van der Waals surface area contributed by atoms with Crippen molar-refractivity contribution in [2.75, 3.05) is 13.3 Å². The van der Waals surface area contributed by atoms with Gasteiger partial charge in [-0.2, -0.15) is 0 Å². The van der Waals surface area contributed by atoms with E-state index in [1.807, 2.05) is 24.3 Å².